The van der Waals surface area contributed by atoms with E-state index in [1.165, 1.54) is 0 Å². The van der Waals surface area contributed by atoms with E-state index in [4.69, 9.17) is 9.84 Å². The first kappa shape index (κ1) is 22.8. The third-order valence-corrected chi connectivity index (χ3v) is 6.41. The summed E-state index contributed by atoms with van der Waals surface area (Å²) in [4.78, 5) is 36.3. The van der Waals surface area contributed by atoms with Gasteiger partial charge in [-0.2, -0.15) is 0 Å². The minimum absolute atomic E-state index is 0.0752. The number of aliphatic carboxylic acids is 1. The van der Waals surface area contributed by atoms with Crippen molar-refractivity contribution in [2.75, 3.05) is 6.61 Å². The van der Waals surface area contributed by atoms with Gasteiger partial charge in [-0.25, -0.2) is 4.79 Å². The van der Waals surface area contributed by atoms with Gasteiger partial charge in [-0.15, -0.1) is 0 Å². The molecule has 4 N–H and O–H groups in total. The van der Waals surface area contributed by atoms with Crippen LogP contribution in [0.15, 0.2) is 48.5 Å². The number of amides is 2. The standard InChI is InChI=1S/C25H28N2O6/c28-22-11-5-10-20(22)26-24(31)21(12-13-23(29)30)27-25(32)33-14-19-17-8-3-1-6-15(17)16-7-2-4-9-18(16)19/h1-4,6-9,19-22,28H,5,10-14H2,(H,26,31)(H,27,32)(H,29,30). The number of aliphatic hydroxyl groups is 1. The van der Waals surface area contributed by atoms with Crippen molar-refractivity contribution in [3.63, 3.8) is 0 Å². The minimum atomic E-state index is -1.07. The van der Waals surface area contributed by atoms with Crippen LogP contribution >= 0.6 is 0 Å². The van der Waals surface area contributed by atoms with Crippen LogP contribution in [0.1, 0.15) is 49.1 Å². The van der Waals surface area contributed by atoms with Gasteiger partial charge in [0.15, 0.2) is 0 Å². The third-order valence-electron chi connectivity index (χ3n) is 6.41. The Morgan fingerprint density at radius 1 is 1.00 bits per heavy atom. The molecule has 4 rings (SSSR count). The number of hydrogen-bond acceptors (Lipinski definition) is 5. The summed E-state index contributed by atoms with van der Waals surface area (Å²) in [7, 11) is 0. The minimum Gasteiger partial charge on any atom is -0.481 e. The van der Waals surface area contributed by atoms with E-state index in [0.29, 0.717) is 12.8 Å². The molecule has 2 aliphatic carbocycles. The average molecular weight is 453 g/mol. The summed E-state index contributed by atoms with van der Waals surface area (Å²) in [5.41, 5.74) is 4.36. The molecule has 1 saturated carbocycles. The molecule has 0 aromatic heterocycles. The van der Waals surface area contributed by atoms with Crippen molar-refractivity contribution >= 4 is 18.0 Å². The summed E-state index contributed by atoms with van der Waals surface area (Å²) in [6.45, 7) is 0.0917. The highest BCUT2D eigenvalue weighted by Gasteiger charge is 2.32. The molecule has 0 aliphatic heterocycles. The Morgan fingerprint density at radius 3 is 2.21 bits per heavy atom. The largest absolute Gasteiger partial charge is 0.481 e. The number of fused-ring (bicyclic) bond motifs is 3. The number of carbonyl (C=O) groups is 3. The van der Waals surface area contributed by atoms with Crippen molar-refractivity contribution < 1.29 is 29.3 Å². The first-order chi connectivity index (χ1) is 15.9. The number of nitrogens with one attached hydrogen (secondary N) is 2. The third kappa shape index (κ3) is 5.17. The van der Waals surface area contributed by atoms with Crippen LogP contribution in [0.25, 0.3) is 11.1 Å². The SMILES string of the molecule is O=C(O)CCC(NC(=O)OCC1c2ccccc2-c2ccccc21)C(=O)NC1CCCC1O. The molecule has 0 saturated heterocycles. The van der Waals surface area contributed by atoms with Gasteiger partial charge in [-0.1, -0.05) is 48.5 Å². The van der Waals surface area contributed by atoms with E-state index in [1.807, 2.05) is 48.5 Å². The Hall–Kier alpha value is -3.39. The Bertz CT molecular complexity index is 994. The number of benzene rings is 2. The molecular weight excluding hydrogens is 424 g/mol. The molecule has 2 aromatic carbocycles. The lowest BCUT2D eigenvalue weighted by atomic mass is 9.98. The Kier molecular flexibility index (Phi) is 6.93. The van der Waals surface area contributed by atoms with Gasteiger partial charge in [-0.3, -0.25) is 9.59 Å². The number of ether oxygens (including phenoxy) is 1. The number of carbonyl (C=O) groups excluding carboxylic acids is 2. The van der Waals surface area contributed by atoms with Crippen molar-refractivity contribution in [2.24, 2.45) is 0 Å². The Balaban J connectivity index is 1.40. The molecule has 8 heteroatoms. The molecule has 8 nitrogen and oxygen atoms in total. The van der Waals surface area contributed by atoms with Crippen molar-refractivity contribution in [1.29, 1.82) is 0 Å². The zero-order valence-electron chi connectivity index (χ0n) is 18.2. The van der Waals surface area contributed by atoms with Crippen LogP contribution in [-0.4, -0.2) is 53.0 Å². The maximum atomic E-state index is 12.7. The zero-order chi connectivity index (χ0) is 23.4. The second kappa shape index (κ2) is 10.0. The number of carboxylic acid groups (broad SMARTS) is 1. The van der Waals surface area contributed by atoms with Gasteiger partial charge in [0.05, 0.1) is 12.1 Å². The molecule has 2 aromatic rings. The molecule has 0 radical (unpaired) electrons. The van der Waals surface area contributed by atoms with E-state index in [-0.39, 0.29) is 25.4 Å². The van der Waals surface area contributed by atoms with Gasteiger partial charge in [0, 0.05) is 12.3 Å². The van der Waals surface area contributed by atoms with Gasteiger partial charge in [0.25, 0.3) is 0 Å². The first-order valence-corrected chi connectivity index (χ1v) is 11.3. The number of carboxylic acids is 1. The van der Waals surface area contributed by atoms with E-state index in [1.54, 1.807) is 0 Å². The lowest BCUT2D eigenvalue weighted by Crippen LogP contribution is -2.51. The molecule has 2 amide bonds. The van der Waals surface area contributed by atoms with E-state index in [0.717, 1.165) is 28.7 Å². The maximum absolute atomic E-state index is 12.7. The summed E-state index contributed by atoms with van der Waals surface area (Å²) in [6, 6.07) is 14.5. The van der Waals surface area contributed by atoms with E-state index in [9.17, 15) is 19.5 Å². The number of aliphatic hydroxyl groups excluding tert-OH is 1. The van der Waals surface area contributed by atoms with Gasteiger partial charge >= 0.3 is 12.1 Å². The second-order valence-corrected chi connectivity index (χ2v) is 8.57. The Labute approximate surface area is 192 Å². The van der Waals surface area contributed by atoms with Gasteiger partial charge in [0.1, 0.15) is 12.6 Å². The molecule has 0 heterocycles. The smallest absolute Gasteiger partial charge is 0.407 e. The fraction of sp³-hybridized carbons (Fsp3) is 0.400. The van der Waals surface area contributed by atoms with Crippen molar-refractivity contribution in [3.8, 4) is 11.1 Å². The zero-order valence-corrected chi connectivity index (χ0v) is 18.2. The van der Waals surface area contributed by atoms with Gasteiger partial charge < -0.3 is 25.6 Å². The summed E-state index contributed by atoms with van der Waals surface area (Å²) in [5, 5.41) is 24.2. The maximum Gasteiger partial charge on any atom is 0.407 e. The Morgan fingerprint density at radius 2 is 1.64 bits per heavy atom. The second-order valence-electron chi connectivity index (χ2n) is 8.57. The molecule has 2 aliphatic rings. The molecule has 1 fully saturated rings. The average Bonchev–Trinajstić information content (AvgIpc) is 3.35. The molecule has 0 spiro atoms. The quantitative estimate of drug-likeness (QED) is 0.488. The normalized spacial score (nSPS) is 19.9. The number of hydrogen-bond donors (Lipinski definition) is 4. The molecule has 3 unspecified atom stereocenters. The van der Waals surface area contributed by atoms with Crippen molar-refractivity contribution in [3.05, 3.63) is 59.7 Å². The van der Waals surface area contributed by atoms with Crippen LogP contribution in [0.2, 0.25) is 0 Å². The van der Waals surface area contributed by atoms with E-state index < -0.39 is 36.2 Å². The van der Waals surface area contributed by atoms with Crippen molar-refractivity contribution in [2.45, 2.75) is 56.2 Å². The van der Waals surface area contributed by atoms with Crippen LogP contribution in [0.4, 0.5) is 4.79 Å². The number of rotatable bonds is 8. The topological polar surface area (TPSA) is 125 Å². The predicted molar refractivity (Wildman–Crippen MR) is 121 cm³/mol. The predicted octanol–water partition coefficient (Wildman–Crippen LogP) is 2.79. The van der Waals surface area contributed by atoms with E-state index >= 15 is 0 Å². The fourth-order valence-electron chi connectivity index (χ4n) is 4.71. The number of alkyl carbamates (subject to hydrolysis) is 1. The van der Waals surface area contributed by atoms with Crippen LogP contribution < -0.4 is 10.6 Å². The molecule has 174 valence electrons. The fourth-order valence-corrected chi connectivity index (χ4v) is 4.71. The van der Waals surface area contributed by atoms with Gasteiger partial charge in [-0.05, 0) is 47.9 Å². The van der Waals surface area contributed by atoms with Crippen LogP contribution in [0, 0.1) is 0 Å². The summed E-state index contributed by atoms with van der Waals surface area (Å²) in [6.07, 6.45) is 0.265. The molecule has 33 heavy (non-hydrogen) atoms. The summed E-state index contributed by atoms with van der Waals surface area (Å²) < 4.78 is 5.49. The van der Waals surface area contributed by atoms with Crippen LogP contribution in [-0.2, 0) is 14.3 Å². The lowest BCUT2D eigenvalue weighted by Gasteiger charge is -2.22. The molecular formula is C25H28N2O6. The molecule has 3 atom stereocenters. The lowest BCUT2D eigenvalue weighted by molar-refractivity contribution is -0.137. The van der Waals surface area contributed by atoms with Crippen molar-refractivity contribution in [1.82, 2.24) is 10.6 Å². The summed E-state index contributed by atoms with van der Waals surface area (Å²) >= 11 is 0. The monoisotopic (exact) mass is 452 g/mol. The van der Waals surface area contributed by atoms with Gasteiger partial charge in [0.2, 0.25) is 5.91 Å². The first-order valence-electron chi connectivity index (χ1n) is 11.3. The van der Waals surface area contributed by atoms with E-state index in [2.05, 4.69) is 10.6 Å². The highest BCUT2D eigenvalue weighted by atomic mass is 16.5. The highest BCUT2D eigenvalue weighted by molar-refractivity contribution is 5.86. The van der Waals surface area contributed by atoms with Crippen LogP contribution in [0.5, 0.6) is 0 Å². The summed E-state index contributed by atoms with van der Waals surface area (Å²) in [5.74, 6) is -1.71. The molecule has 0 bridgehead atoms. The highest BCUT2D eigenvalue weighted by Crippen LogP contribution is 2.44. The van der Waals surface area contributed by atoms with Crippen LogP contribution in [0.3, 0.4) is 0 Å².